The summed E-state index contributed by atoms with van der Waals surface area (Å²) < 4.78 is 37.4. The molecule has 4 aromatic rings. The van der Waals surface area contributed by atoms with Crippen molar-refractivity contribution in [2.45, 2.75) is 95.6 Å². The Morgan fingerprint density at radius 1 is 1.02 bits per heavy atom. The molecule has 264 valence electrons. The molecule has 3 aliphatic rings. The first kappa shape index (κ1) is 34.0. The summed E-state index contributed by atoms with van der Waals surface area (Å²) in [6, 6.07) is 11.7. The van der Waals surface area contributed by atoms with Gasteiger partial charge in [0.15, 0.2) is 0 Å². The Kier molecular flexibility index (Phi) is 9.10. The number of ether oxygens (including phenoxy) is 1. The van der Waals surface area contributed by atoms with Gasteiger partial charge in [0, 0.05) is 40.2 Å². The summed E-state index contributed by atoms with van der Waals surface area (Å²) in [6.45, 7) is 5.16. The summed E-state index contributed by atoms with van der Waals surface area (Å²) in [6.07, 6.45) is 10.6. The molecule has 0 bridgehead atoms. The molecule has 3 heterocycles. The first-order chi connectivity index (χ1) is 24.0. The minimum atomic E-state index is -3.84. The van der Waals surface area contributed by atoms with Crippen LogP contribution in [-0.2, 0) is 16.6 Å². The molecule has 2 fully saturated rings. The van der Waals surface area contributed by atoms with E-state index < -0.39 is 27.3 Å². The first-order valence-electron chi connectivity index (χ1n) is 17.6. The van der Waals surface area contributed by atoms with Crippen molar-refractivity contribution in [2.24, 2.45) is 0 Å². The monoisotopic (exact) mass is 699 g/mol. The van der Waals surface area contributed by atoms with Crippen LogP contribution in [0.1, 0.15) is 115 Å². The van der Waals surface area contributed by atoms with Crippen molar-refractivity contribution < 1.29 is 27.9 Å². The first-order valence-corrected chi connectivity index (χ1v) is 19.2. The lowest BCUT2D eigenvalue weighted by Gasteiger charge is -2.24. The summed E-state index contributed by atoms with van der Waals surface area (Å²) in [7, 11) is -2.20. The molecular weight excluding hydrogens is 655 g/mol. The van der Waals surface area contributed by atoms with Gasteiger partial charge in [-0.15, -0.1) is 0 Å². The van der Waals surface area contributed by atoms with Crippen LogP contribution in [0.2, 0.25) is 0 Å². The standard InChI is InChI=1S/C38H45N5O6S/c1-22(2)50(47,48)41-37(45)25-10-14-31-32(18-25)42-20-27(34-36(38(46)39-19-23(3)44)43(21-40-34)28-11-12-28)16-26-17-29(49-4)13-15-30(26)35(42)33(31)24-8-6-5-7-9-24/h10,13-18,21-24,28,44H,5-9,11-12,19-20H2,1-4H3,(H,39,46)(H,41,45)/t23-/m1/s1. The average Bonchev–Trinajstić information content (AvgIpc) is 3.81. The smallest absolute Gasteiger partial charge is 0.270 e. The van der Waals surface area contributed by atoms with E-state index in [9.17, 15) is 23.1 Å². The number of hydrogen-bond acceptors (Lipinski definition) is 7. The number of aromatic nitrogens is 3. The third-order valence-electron chi connectivity index (χ3n) is 10.2. The molecule has 0 unspecified atom stereocenters. The maximum absolute atomic E-state index is 13.8. The molecule has 1 atom stereocenters. The normalized spacial score (nSPS) is 17.1. The van der Waals surface area contributed by atoms with Gasteiger partial charge in [-0.1, -0.05) is 25.3 Å². The Balaban J connectivity index is 1.45. The summed E-state index contributed by atoms with van der Waals surface area (Å²) in [5, 5.41) is 13.1. The van der Waals surface area contributed by atoms with Gasteiger partial charge in [-0.2, -0.15) is 0 Å². The molecule has 2 saturated carbocycles. The van der Waals surface area contributed by atoms with Gasteiger partial charge in [-0.25, -0.2) is 18.1 Å². The van der Waals surface area contributed by atoms with Gasteiger partial charge in [0.2, 0.25) is 10.0 Å². The lowest BCUT2D eigenvalue weighted by Crippen LogP contribution is -2.35. The molecular formula is C38H45N5O6S. The number of amides is 2. The van der Waals surface area contributed by atoms with Crippen molar-refractivity contribution in [3.05, 3.63) is 70.8 Å². The van der Waals surface area contributed by atoms with E-state index in [1.807, 2.05) is 22.8 Å². The lowest BCUT2D eigenvalue weighted by molar-refractivity contribution is 0.0913. The molecule has 0 radical (unpaired) electrons. The third-order valence-corrected chi connectivity index (χ3v) is 11.9. The number of sulfonamides is 1. The van der Waals surface area contributed by atoms with Crippen molar-refractivity contribution in [2.75, 3.05) is 13.7 Å². The zero-order valence-electron chi connectivity index (χ0n) is 29.0. The van der Waals surface area contributed by atoms with E-state index in [0.717, 1.165) is 71.8 Å². The number of carbonyl (C=O) groups is 2. The highest BCUT2D eigenvalue weighted by Crippen LogP contribution is 2.48. The lowest BCUT2D eigenvalue weighted by atomic mass is 9.81. The highest BCUT2D eigenvalue weighted by Gasteiger charge is 2.34. The Hall–Kier alpha value is -4.42. The van der Waals surface area contributed by atoms with Crippen LogP contribution in [0.4, 0.5) is 0 Å². The van der Waals surface area contributed by atoms with E-state index in [0.29, 0.717) is 29.6 Å². The number of benzene rings is 2. The minimum absolute atomic E-state index is 0.113. The van der Waals surface area contributed by atoms with Crippen LogP contribution < -0.4 is 14.8 Å². The summed E-state index contributed by atoms with van der Waals surface area (Å²) in [5.41, 5.74) is 7.08. The average molecular weight is 700 g/mol. The van der Waals surface area contributed by atoms with E-state index >= 15 is 0 Å². The summed E-state index contributed by atoms with van der Waals surface area (Å²) >= 11 is 0. The van der Waals surface area contributed by atoms with Crippen molar-refractivity contribution in [3.63, 3.8) is 0 Å². The molecule has 0 spiro atoms. The van der Waals surface area contributed by atoms with Crippen LogP contribution in [-0.4, -0.2) is 64.5 Å². The van der Waals surface area contributed by atoms with Gasteiger partial charge in [-0.3, -0.25) is 9.59 Å². The zero-order valence-corrected chi connectivity index (χ0v) is 29.8. The molecule has 2 amide bonds. The Morgan fingerprint density at radius 2 is 1.78 bits per heavy atom. The molecule has 12 heteroatoms. The Morgan fingerprint density at radius 3 is 2.46 bits per heavy atom. The van der Waals surface area contributed by atoms with Crippen LogP contribution in [0.25, 0.3) is 33.8 Å². The maximum Gasteiger partial charge on any atom is 0.270 e. The number of methoxy groups -OCH3 is 1. The summed E-state index contributed by atoms with van der Waals surface area (Å²) in [4.78, 5) is 32.0. The SMILES string of the molecule is COc1ccc2c(c1)C=C(c1ncn(C3CC3)c1C(=O)NC[C@@H](C)O)Cn1c-2c(C2CCCCC2)c2ccc(C(=O)NS(=O)(=O)C(C)C)cc21. The molecule has 1 aliphatic heterocycles. The predicted molar refractivity (Wildman–Crippen MR) is 194 cm³/mol. The van der Waals surface area contributed by atoms with Crippen molar-refractivity contribution >= 4 is 44.4 Å². The number of fused-ring (bicyclic) bond motifs is 5. The molecule has 0 saturated heterocycles. The van der Waals surface area contributed by atoms with E-state index in [1.165, 1.54) is 25.8 Å². The van der Waals surface area contributed by atoms with Crippen LogP contribution in [0.15, 0.2) is 42.7 Å². The highest BCUT2D eigenvalue weighted by atomic mass is 32.2. The molecule has 2 aromatic heterocycles. The van der Waals surface area contributed by atoms with Gasteiger partial charge < -0.3 is 24.3 Å². The molecule has 7 rings (SSSR count). The minimum Gasteiger partial charge on any atom is -0.497 e. The molecule has 2 aromatic carbocycles. The van der Waals surface area contributed by atoms with Crippen molar-refractivity contribution in [1.82, 2.24) is 24.2 Å². The summed E-state index contributed by atoms with van der Waals surface area (Å²) in [5.74, 6) is 0.0278. The van der Waals surface area contributed by atoms with Gasteiger partial charge in [0.1, 0.15) is 11.4 Å². The Labute approximate surface area is 292 Å². The van der Waals surface area contributed by atoms with Crippen LogP contribution >= 0.6 is 0 Å². The number of nitrogens with one attached hydrogen (secondary N) is 2. The molecule has 3 N–H and O–H groups in total. The predicted octanol–water partition coefficient (Wildman–Crippen LogP) is 6.03. The van der Waals surface area contributed by atoms with Gasteiger partial charge in [0.05, 0.1) is 42.7 Å². The van der Waals surface area contributed by atoms with Gasteiger partial charge >= 0.3 is 0 Å². The number of allylic oxidation sites excluding steroid dienone is 1. The second-order valence-electron chi connectivity index (χ2n) is 14.2. The fourth-order valence-electron chi connectivity index (χ4n) is 7.41. The van der Waals surface area contributed by atoms with Gasteiger partial charge in [-0.05, 0) is 99.9 Å². The molecule has 50 heavy (non-hydrogen) atoms. The van der Waals surface area contributed by atoms with Crippen LogP contribution in [0.3, 0.4) is 0 Å². The zero-order chi connectivity index (χ0) is 35.3. The largest absolute Gasteiger partial charge is 0.497 e. The van der Waals surface area contributed by atoms with E-state index in [4.69, 9.17) is 9.72 Å². The van der Waals surface area contributed by atoms with Crippen LogP contribution in [0, 0.1) is 0 Å². The van der Waals surface area contributed by atoms with E-state index in [1.54, 1.807) is 32.5 Å². The van der Waals surface area contributed by atoms with Crippen molar-refractivity contribution in [3.8, 4) is 17.0 Å². The number of aliphatic hydroxyl groups excluding tert-OH is 1. The number of nitrogens with zero attached hydrogens (tertiary/aromatic N) is 3. The van der Waals surface area contributed by atoms with Gasteiger partial charge in [0.25, 0.3) is 11.8 Å². The van der Waals surface area contributed by atoms with E-state index in [-0.39, 0.29) is 24.1 Å². The topological polar surface area (TPSA) is 145 Å². The highest BCUT2D eigenvalue weighted by molar-refractivity contribution is 7.90. The third kappa shape index (κ3) is 6.35. The second-order valence-corrected chi connectivity index (χ2v) is 16.4. The van der Waals surface area contributed by atoms with Crippen molar-refractivity contribution in [1.29, 1.82) is 0 Å². The van der Waals surface area contributed by atoms with E-state index in [2.05, 4.69) is 26.7 Å². The fourth-order valence-corrected chi connectivity index (χ4v) is 8.02. The number of aliphatic hydroxyl groups is 1. The molecule has 11 nitrogen and oxygen atoms in total. The fraction of sp³-hybridized carbons (Fsp3) is 0.447. The second kappa shape index (κ2) is 13.4. The quantitative estimate of drug-likeness (QED) is 0.183. The van der Waals surface area contributed by atoms with Crippen LogP contribution in [0.5, 0.6) is 5.75 Å². The number of hydrogen-bond donors (Lipinski definition) is 3. The maximum atomic E-state index is 13.8. The number of rotatable bonds is 10. The number of imidazole rings is 1. The number of carbonyl (C=O) groups excluding carboxylic acids is 2. The molecule has 2 aliphatic carbocycles. The Bertz CT molecular complexity index is 2120.